The molecular formula is C22H21F2N3O2. The Bertz CT molecular complexity index is 1000. The molecule has 1 saturated heterocycles. The minimum absolute atomic E-state index is 0.0576. The third-order valence-corrected chi connectivity index (χ3v) is 5.71. The molecule has 2 aromatic carbocycles. The van der Waals surface area contributed by atoms with Gasteiger partial charge in [-0.1, -0.05) is 30.3 Å². The van der Waals surface area contributed by atoms with E-state index >= 15 is 0 Å². The van der Waals surface area contributed by atoms with Gasteiger partial charge >= 0.3 is 0 Å². The lowest BCUT2D eigenvalue weighted by atomic mass is 9.85. The van der Waals surface area contributed by atoms with E-state index in [9.17, 15) is 23.6 Å². The van der Waals surface area contributed by atoms with Crippen LogP contribution in [0.3, 0.4) is 0 Å². The molecular weight excluding hydrogens is 376 g/mol. The smallest absolute Gasteiger partial charge is 0.249 e. The third kappa shape index (κ3) is 3.46. The van der Waals surface area contributed by atoms with Gasteiger partial charge in [-0.05, 0) is 24.6 Å². The molecule has 0 spiro atoms. The highest BCUT2D eigenvalue weighted by molar-refractivity contribution is 5.99. The van der Waals surface area contributed by atoms with E-state index in [0.717, 1.165) is 11.6 Å². The lowest BCUT2D eigenvalue weighted by molar-refractivity contribution is -0.166. The van der Waals surface area contributed by atoms with Crippen molar-refractivity contribution in [2.24, 2.45) is 0 Å². The van der Waals surface area contributed by atoms with E-state index in [1.807, 2.05) is 36.4 Å². The van der Waals surface area contributed by atoms with E-state index in [-0.39, 0.29) is 23.5 Å². The van der Waals surface area contributed by atoms with E-state index < -0.39 is 29.1 Å². The number of amides is 2. The fourth-order valence-corrected chi connectivity index (χ4v) is 3.80. The average molecular weight is 397 g/mol. The highest BCUT2D eigenvalue weighted by Crippen LogP contribution is 2.31. The molecule has 1 aliphatic rings. The predicted octanol–water partition coefficient (Wildman–Crippen LogP) is 2.68. The van der Waals surface area contributed by atoms with Crippen molar-refractivity contribution < 1.29 is 18.4 Å². The zero-order chi connectivity index (χ0) is 21.3. The zero-order valence-electron chi connectivity index (χ0n) is 16.4. The maximum atomic E-state index is 14.3. The van der Waals surface area contributed by atoms with Gasteiger partial charge in [0.25, 0.3) is 0 Å². The van der Waals surface area contributed by atoms with E-state index in [1.54, 1.807) is 6.92 Å². The molecule has 2 atom stereocenters. The summed E-state index contributed by atoms with van der Waals surface area (Å²) in [5, 5.41) is 9.23. The molecule has 0 radical (unpaired) electrons. The van der Waals surface area contributed by atoms with E-state index in [4.69, 9.17) is 0 Å². The molecule has 7 heteroatoms. The number of nitrogens with zero attached hydrogens (tertiary/aromatic N) is 3. The van der Waals surface area contributed by atoms with Crippen LogP contribution in [0.4, 0.5) is 8.78 Å². The number of piperazine rings is 1. The predicted molar refractivity (Wildman–Crippen MR) is 103 cm³/mol. The number of rotatable bonds is 4. The topological polar surface area (TPSA) is 64.4 Å². The summed E-state index contributed by atoms with van der Waals surface area (Å²) in [5.41, 5.74) is -0.469. The Hall–Kier alpha value is -3.27. The van der Waals surface area contributed by atoms with Crippen LogP contribution in [0, 0.1) is 23.0 Å². The highest BCUT2D eigenvalue weighted by atomic mass is 19.2. The third-order valence-electron chi connectivity index (χ3n) is 5.71. The summed E-state index contributed by atoms with van der Waals surface area (Å²) in [6, 6.07) is 12.2. The van der Waals surface area contributed by atoms with E-state index in [0.29, 0.717) is 6.42 Å². The van der Waals surface area contributed by atoms with Gasteiger partial charge in [0.05, 0.1) is 11.6 Å². The highest BCUT2D eigenvalue weighted by Gasteiger charge is 2.50. The molecule has 0 N–H and O–H groups in total. The summed E-state index contributed by atoms with van der Waals surface area (Å²) >= 11 is 0. The van der Waals surface area contributed by atoms with Crippen LogP contribution in [0.1, 0.15) is 23.6 Å². The molecule has 0 saturated carbocycles. The fraction of sp³-hybridized carbons (Fsp3) is 0.318. The number of carbonyl (C=O) groups is 2. The van der Waals surface area contributed by atoms with Crippen molar-refractivity contribution in [3.05, 3.63) is 70.8 Å². The van der Waals surface area contributed by atoms with E-state index in [1.165, 1.54) is 30.0 Å². The van der Waals surface area contributed by atoms with Gasteiger partial charge in [-0.15, -0.1) is 0 Å². The first kappa shape index (κ1) is 20.5. The fourth-order valence-electron chi connectivity index (χ4n) is 3.80. The quantitative estimate of drug-likeness (QED) is 0.797. The SMILES string of the molecule is CN1C(=O)C(C)(Cc2ccccc2)N(C)C(=O)C1Cc1c(C#N)ccc(F)c1F. The number of hydrogen-bond acceptors (Lipinski definition) is 3. The van der Waals surface area contributed by atoms with Gasteiger partial charge in [0.2, 0.25) is 11.8 Å². The summed E-state index contributed by atoms with van der Waals surface area (Å²) in [4.78, 5) is 29.0. The molecule has 1 fully saturated rings. The molecule has 2 aromatic rings. The summed E-state index contributed by atoms with van der Waals surface area (Å²) < 4.78 is 28.0. The van der Waals surface area contributed by atoms with Crippen molar-refractivity contribution >= 4 is 11.8 Å². The van der Waals surface area contributed by atoms with Crippen LogP contribution < -0.4 is 0 Å². The van der Waals surface area contributed by atoms with Gasteiger partial charge < -0.3 is 9.80 Å². The van der Waals surface area contributed by atoms with Crippen LogP contribution in [0.2, 0.25) is 0 Å². The molecule has 0 aromatic heterocycles. The molecule has 2 amide bonds. The van der Waals surface area contributed by atoms with Gasteiger partial charge in [-0.2, -0.15) is 5.26 Å². The van der Waals surface area contributed by atoms with Crippen molar-refractivity contribution in [1.29, 1.82) is 5.26 Å². The van der Waals surface area contributed by atoms with Crippen LogP contribution in [0.5, 0.6) is 0 Å². The Kier molecular flexibility index (Phi) is 5.38. The van der Waals surface area contributed by atoms with Crippen molar-refractivity contribution in [2.45, 2.75) is 31.3 Å². The Balaban J connectivity index is 1.94. The summed E-state index contributed by atoms with van der Waals surface area (Å²) in [6.45, 7) is 1.69. The number of halogens is 2. The maximum absolute atomic E-state index is 14.3. The molecule has 5 nitrogen and oxygen atoms in total. The molecule has 2 unspecified atom stereocenters. The molecule has 0 aliphatic carbocycles. The van der Waals surface area contributed by atoms with Crippen LogP contribution in [-0.4, -0.2) is 47.3 Å². The first-order valence-corrected chi connectivity index (χ1v) is 9.16. The summed E-state index contributed by atoms with van der Waals surface area (Å²) in [6.07, 6.45) is 0.0447. The van der Waals surface area contributed by atoms with Crippen molar-refractivity contribution in [1.82, 2.24) is 9.80 Å². The lowest BCUT2D eigenvalue weighted by Crippen LogP contribution is -2.69. The van der Waals surface area contributed by atoms with Crippen LogP contribution in [-0.2, 0) is 22.4 Å². The molecule has 1 heterocycles. The standard InChI is InChI=1S/C22H21F2N3O2/c1-22(12-14-7-5-4-6-8-14)21(29)26(2)18(20(28)27(22)3)11-16-15(13-25)9-10-17(23)19(16)24/h4-10,18H,11-12H2,1-3H3. The number of hydrogen-bond donors (Lipinski definition) is 0. The van der Waals surface area contributed by atoms with Gasteiger partial charge in [-0.3, -0.25) is 9.59 Å². The molecule has 150 valence electrons. The minimum Gasteiger partial charge on any atom is -0.331 e. The normalized spacial score (nSPS) is 22.0. The monoisotopic (exact) mass is 397 g/mol. The Morgan fingerprint density at radius 3 is 2.38 bits per heavy atom. The summed E-state index contributed by atoms with van der Waals surface area (Å²) in [5.74, 6) is -2.96. The van der Waals surface area contributed by atoms with Gasteiger partial charge in [-0.25, -0.2) is 8.78 Å². The zero-order valence-corrected chi connectivity index (χ0v) is 16.4. The van der Waals surface area contributed by atoms with E-state index in [2.05, 4.69) is 0 Å². The number of nitriles is 1. The average Bonchev–Trinajstić information content (AvgIpc) is 2.72. The summed E-state index contributed by atoms with van der Waals surface area (Å²) in [7, 11) is 3.01. The Morgan fingerprint density at radius 1 is 1.10 bits per heavy atom. The lowest BCUT2D eigenvalue weighted by Gasteiger charge is -2.48. The second-order valence-corrected chi connectivity index (χ2v) is 7.47. The second kappa shape index (κ2) is 7.63. The van der Waals surface area contributed by atoms with Crippen LogP contribution in [0.15, 0.2) is 42.5 Å². The molecule has 29 heavy (non-hydrogen) atoms. The molecule has 0 bridgehead atoms. The number of carbonyl (C=O) groups excluding carboxylic acids is 2. The Morgan fingerprint density at radius 2 is 1.76 bits per heavy atom. The van der Waals surface area contributed by atoms with Gasteiger partial charge in [0.15, 0.2) is 11.6 Å². The van der Waals surface area contributed by atoms with Crippen molar-refractivity contribution in [2.75, 3.05) is 14.1 Å². The molecule has 1 aliphatic heterocycles. The Labute approximate surface area is 168 Å². The van der Waals surface area contributed by atoms with Crippen LogP contribution in [0.25, 0.3) is 0 Å². The largest absolute Gasteiger partial charge is 0.331 e. The van der Waals surface area contributed by atoms with Crippen molar-refractivity contribution in [3.8, 4) is 6.07 Å². The number of benzene rings is 2. The minimum atomic E-state index is -1.17. The van der Waals surface area contributed by atoms with Crippen molar-refractivity contribution in [3.63, 3.8) is 0 Å². The van der Waals surface area contributed by atoms with Gasteiger partial charge in [0, 0.05) is 32.5 Å². The maximum Gasteiger partial charge on any atom is 0.249 e. The molecule has 3 rings (SSSR count). The number of likely N-dealkylation sites (N-methyl/N-ethyl adjacent to an activating group) is 2. The first-order chi connectivity index (χ1) is 13.7. The van der Waals surface area contributed by atoms with Crippen LogP contribution >= 0.6 is 0 Å². The van der Waals surface area contributed by atoms with Gasteiger partial charge in [0.1, 0.15) is 11.6 Å². The second-order valence-electron chi connectivity index (χ2n) is 7.47. The first-order valence-electron chi connectivity index (χ1n) is 9.16.